The molecule has 0 radical (unpaired) electrons. The van der Waals surface area contributed by atoms with Gasteiger partial charge in [-0.2, -0.15) is 15.2 Å². The average molecular weight is 592 g/mol. The van der Waals surface area contributed by atoms with Crippen molar-refractivity contribution in [3.8, 4) is 12.1 Å². The predicted molar refractivity (Wildman–Crippen MR) is 170 cm³/mol. The number of rotatable bonds is 7. The van der Waals surface area contributed by atoms with Crippen LogP contribution in [-0.2, 0) is 23.3 Å². The summed E-state index contributed by atoms with van der Waals surface area (Å²) in [4.78, 5) is 31.6. The van der Waals surface area contributed by atoms with Gasteiger partial charge in [0.1, 0.15) is 12.4 Å². The Balaban J connectivity index is 1.23. The van der Waals surface area contributed by atoms with Gasteiger partial charge in [-0.1, -0.05) is 56.8 Å². The van der Waals surface area contributed by atoms with Crippen molar-refractivity contribution in [1.29, 1.82) is 5.26 Å². The van der Waals surface area contributed by atoms with Crippen molar-refractivity contribution in [2.75, 3.05) is 44.7 Å². The summed E-state index contributed by atoms with van der Waals surface area (Å²) in [5.74, 6) is 0.735. The number of likely N-dealkylation sites (tertiary alicyclic amines) is 1. The molecule has 3 atom stereocenters. The van der Waals surface area contributed by atoms with Crippen LogP contribution in [0, 0.1) is 11.3 Å². The first-order chi connectivity index (χ1) is 21.3. The van der Waals surface area contributed by atoms with Gasteiger partial charge in [0.15, 0.2) is 0 Å². The second-order valence-electron chi connectivity index (χ2n) is 13.3. The molecular formula is C35H41N7O2. The molecule has 228 valence electrons. The fourth-order valence-electron chi connectivity index (χ4n) is 8.17. The maximum absolute atomic E-state index is 12.6. The van der Waals surface area contributed by atoms with E-state index in [0.717, 1.165) is 36.6 Å². The molecule has 0 saturated carbocycles. The molecule has 1 amide bonds. The molecule has 2 aromatic carbocycles. The Morgan fingerprint density at radius 3 is 2.70 bits per heavy atom. The molecular weight excluding hydrogens is 550 g/mol. The number of nitrogens with zero attached hydrogens (tertiary/aromatic N) is 7. The quantitative estimate of drug-likeness (QED) is 0.370. The van der Waals surface area contributed by atoms with E-state index >= 15 is 0 Å². The van der Waals surface area contributed by atoms with E-state index < -0.39 is 0 Å². The minimum atomic E-state index is -0.236. The second-order valence-corrected chi connectivity index (χ2v) is 13.3. The monoisotopic (exact) mass is 591 g/mol. The number of hydrogen-bond donors (Lipinski definition) is 0. The third-order valence-electron chi connectivity index (χ3n) is 10.4. The van der Waals surface area contributed by atoms with Gasteiger partial charge in [0.05, 0.1) is 24.2 Å². The van der Waals surface area contributed by atoms with Gasteiger partial charge >= 0.3 is 6.01 Å². The van der Waals surface area contributed by atoms with Gasteiger partial charge in [-0.05, 0) is 54.4 Å². The number of fused-ring (bicyclic) bond motifs is 1. The van der Waals surface area contributed by atoms with Crippen LogP contribution in [0.25, 0.3) is 10.8 Å². The molecule has 0 bridgehead atoms. The van der Waals surface area contributed by atoms with Crippen LogP contribution in [0.5, 0.6) is 6.01 Å². The Kier molecular flexibility index (Phi) is 7.30. The number of carbonyl (C=O) groups is 1. The van der Waals surface area contributed by atoms with Crippen molar-refractivity contribution >= 4 is 22.5 Å². The summed E-state index contributed by atoms with van der Waals surface area (Å²) in [6, 6.07) is 16.4. The Morgan fingerprint density at radius 2 is 1.95 bits per heavy atom. The number of ether oxygens (including phenoxy) is 1. The lowest BCUT2D eigenvalue weighted by molar-refractivity contribution is -0.128. The Morgan fingerprint density at radius 1 is 1.14 bits per heavy atom. The van der Waals surface area contributed by atoms with Crippen LogP contribution in [0.3, 0.4) is 0 Å². The maximum atomic E-state index is 12.6. The molecule has 9 nitrogen and oxygen atoms in total. The summed E-state index contributed by atoms with van der Waals surface area (Å²) in [6.45, 7) is 13.1. The van der Waals surface area contributed by atoms with Crippen LogP contribution in [0.15, 0.2) is 49.1 Å². The van der Waals surface area contributed by atoms with Crippen LogP contribution in [-0.4, -0.2) is 82.5 Å². The van der Waals surface area contributed by atoms with Crippen molar-refractivity contribution in [3.05, 3.63) is 71.4 Å². The summed E-state index contributed by atoms with van der Waals surface area (Å²) in [5, 5.41) is 12.3. The molecule has 4 heterocycles. The summed E-state index contributed by atoms with van der Waals surface area (Å²) in [7, 11) is 2.15. The molecule has 1 aromatic heterocycles. The highest BCUT2D eigenvalue weighted by Crippen LogP contribution is 2.54. The fourth-order valence-corrected chi connectivity index (χ4v) is 8.17. The van der Waals surface area contributed by atoms with E-state index in [9.17, 15) is 10.1 Å². The highest BCUT2D eigenvalue weighted by molar-refractivity contribution is 5.93. The third-order valence-corrected chi connectivity index (χ3v) is 10.4. The molecule has 44 heavy (non-hydrogen) atoms. The van der Waals surface area contributed by atoms with Crippen molar-refractivity contribution in [1.82, 2.24) is 24.7 Å². The Labute approximate surface area is 259 Å². The summed E-state index contributed by atoms with van der Waals surface area (Å²) in [5.41, 5.74) is 4.81. The van der Waals surface area contributed by atoms with E-state index in [2.05, 4.69) is 84.6 Å². The molecule has 0 N–H and O–H groups in total. The van der Waals surface area contributed by atoms with E-state index in [1.54, 1.807) is 4.90 Å². The topological polar surface area (TPSA) is 88.8 Å². The van der Waals surface area contributed by atoms with Gasteiger partial charge in [0, 0.05) is 55.8 Å². The summed E-state index contributed by atoms with van der Waals surface area (Å²) < 4.78 is 6.33. The lowest BCUT2D eigenvalue weighted by Gasteiger charge is -2.41. The Bertz CT molecular complexity index is 1660. The molecule has 3 aliphatic heterocycles. The zero-order valence-electron chi connectivity index (χ0n) is 26.0. The zero-order valence-corrected chi connectivity index (χ0v) is 26.0. The molecule has 2 saturated heterocycles. The smallest absolute Gasteiger partial charge is 0.318 e. The standard InChI is InChI=1S/C35H41N7O2/c1-5-30(43)42-18-17-40(19-24(42)14-15-36)33-27-20-41(21-29(27)37-34(38-33)44-22-25-11-8-16-39(25)4)32-26-12-6-9-23-10-7-13-28(31(23)26)35(32,2)3/h5-7,9-10,12-13,24-25,32H,1,8,11,14,16-22H2,2-4H3/t24-,25-,32?/m0/s1. The molecule has 0 spiro atoms. The third kappa shape index (κ3) is 4.72. The predicted octanol–water partition coefficient (Wildman–Crippen LogP) is 4.57. The van der Waals surface area contributed by atoms with Gasteiger partial charge in [-0.15, -0.1) is 0 Å². The van der Waals surface area contributed by atoms with Crippen molar-refractivity contribution in [2.24, 2.45) is 0 Å². The average Bonchev–Trinajstić information content (AvgIpc) is 3.70. The number of aromatic nitrogens is 2. The molecule has 1 aliphatic carbocycles. The number of amides is 1. The normalized spacial score (nSPS) is 24.5. The van der Waals surface area contributed by atoms with Gasteiger partial charge in [0.25, 0.3) is 0 Å². The number of anilines is 1. The van der Waals surface area contributed by atoms with Gasteiger partial charge < -0.3 is 19.4 Å². The van der Waals surface area contributed by atoms with Gasteiger partial charge in [-0.25, -0.2) is 0 Å². The molecule has 1 unspecified atom stereocenters. The minimum Gasteiger partial charge on any atom is -0.462 e. The highest BCUT2D eigenvalue weighted by Gasteiger charge is 2.46. The van der Waals surface area contributed by atoms with E-state index in [-0.39, 0.29) is 29.8 Å². The molecule has 9 heteroatoms. The number of piperazine rings is 1. The lowest BCUT2D eigenvalue weighted by atomic mass is 9.81. The van der Waals surface area contributed by atoms with Crippen LogP contribution >= 0.6 is 0 Å². The van der Waals surface area contributed by atoms with E-state index in [0.29, 0.717) is 44.8 Å². The molecule has 7 rings (SSSR count). The van der Waals surface area contributed by atoms with Crippen LogP contribution in [0.2, 0.25) is 0 Å². The van der Waals surface area contributed by atoms with E-state index in [1.807, 2.05) is 0 Å². The maximum Gasteiger partial charge on any atom is 0.318 e. The summed E-state index contributed by atoms with van der Waals surface area (Å²) in [6.07, 6.45) is 3.88. The highest BCUT2D eigenvalue weighted by atomic mass is 16.5. The van der Waals surface area contributed by atoms with Gasteiger partial charge in [-0.3, -0.25) is 9.69 Å². The lowest BCUT2D eigenvalue weighted by Crippen LogP contribution is -2.55. The zero-order chi connectivity index (χ0) is 30.6. The molecule has 4 aliphatic rings. The largest absolute Gasteiger partial charge is 0.462 e. The number of carbonyl (C=O) groups excluding carboxylic acids is 1. The van der Waals surface area contributed by atoms with Crippen molar-refractivity contribution < 1.29 is 9.53 Å². The number of benzene rings is 2. The molecule has 3 aromatic rings. The van der Waals surface area contributed by atoms with Gasteiger partial charge in [0.2, 0.25) is 5.91 Å². The minimum absolute atomic E-state index is 0.0835. The number of likely N-dealkylation sites (N-methyl/N-ethyl adjacent to an activating group) is 1. The summed E-state index contributed by atoms with van der Waals surface area (Å²) >= 11 is 0. The number of nitriles is 1. The van der Waals surface area contributed by atoms with Crippen LogP contribution < -0.4 is 9.64 Å². The first kappa shape index (κ1) is 28.8. The van der Waals surface area contributed by atoms with Crippen LogP contribution in [0.4, 0.5) is 5.82 Å². The SMILES string of the molecule is C=CC(=O)N1CCN(c2nc(OC[C@@H]3CCCN3C)nc3c2CN(C2c4cccc5cccc(c45)C2(C)C)C3)C[C@@H]1CC#N. The van der Waals surface area contributed by atoms with E-state index in [1.165, 1.54) is 34.4 Å². The van der Waals surface area contributed by atoms with Crippen molar-refractivity contribution in [2.45, 2.75) is 69.7 Å². The molecule has 2 fully saturated rings. The van der Waals surface area contributed by atoms with Crippen LogP contribution in [0.1, 0.15) is 61.5 Å². The first-order valence-corrected chi connectivity index (χ1v) is 15.8. The fraction of sp³-hybridized carbons (Fsp3) is 0.486. The first-order valence-electron chi connectivity index (χ1n) is 15.8. The van der Waals surface area contributed by atoms with E-state index in [4.69, 9.17) is 14.7 Å². The number of hydrogen-bond acceptors (Lipinski definition) is 8. The van der Waals surface area contributed by atoms with Crippen molar-refractivity contribution in [3.63, 3.8) is 0 Å². The second kappa shape index (κ2) is 11.2. The Hall–Kier alpha value is -4.00.